The fourth-order valence-electron chi connectivity index (χ4n) is 3.13. The number of piperidine rings is 1. The van der Waals surface area contributed by atoms with Crippen molar-refractivity contribution in [1.29, 1.82) is 0 Å². The zero-order valence-electron chi connectivity index (χ0n) is 11.8. The lowest BCUT2D eigenvalue weighted by molar-refractivity contribution is 0.404. The predicted octanol–water partition coefficient (Wildman–Crippen LogP) is 4.51. The second-order valence-corrected chi connectivity index (χ2v) is 6.10. The number of hydrogen-bond donors (Lipinski definition) is 1. The van der Waals surface area contributed by atoms with Crippen molar-refractivity contribution in [2.75, 3.05) is 13.1 Å². The summed E-state index contributed by atoms with van der Waals surface area (Å²) < 4.78 is 0. The van der Waals surface area contributed by atoms with Crippen molar-refractivity contribution in [3.63, 3.8) is 0 Å². The molecule has 104 valence electrons. The van der Waals surface area contributed by atoms with Crippen molar-refractivity contribution < 1.29 is 0 Å². The van der Waals surface area contributed by atoms with Crippen LogP contribution in [0.4, 0.5) is 0 Å². The van der Waals surface area contributed by atoms with Crippen molar-refractivity contribution in [1.82, 2.24) is 5.32 Å². The van der Waals surface area contributed by atoms with Crippen LogP contribution in [0.25, 0.3) is 0 Å². The van der Waals surface area contributed by atoms with Gasteiger partial charge < -0.3 is 5.32 Å². The van der Waals surface area contributed by atoms with Gasteiger partial charge in [-0.2, -0.15) is 0 Å². The highest BCUT2D eigenvalue weighted by Gasteiger charge is 2.27. The summed E-state index contributed by atoms with van der Waals surface area (Å²) in [7, 11) is 0. The van der Waals surface area contributed by atoms with E-state index >= 15 is 0 Å². The average molecular weight is 286 g/mol. The first-order chi connectivity index (χ1) is 9.74. The Labute approximate surface area is 126 Å². The summed E-state index contributed by atoms with van der Waals surface area (Å²) in [5.41, 5.74) is 4.16. The number of aryl methyl sites for hydroxylation is 1. The average Bonchev–Trinajstić information content (AvgIpc) is 2.49. The molecule has 2 heteroatoms. The molecule has 0 bridgehead atoms. The molecule has 1 saturated heterocycles. The van der Waals surface area contributed by atoms with Crippen LogP contribution in [0.2, 0.25) is 5.02 Å². The Kier molecular flexibility index (Phi) is 4.09. The third kappa shape index (κ3) is 2.89. The van der Waals surface area contributed by atoms with Gasteiger partial charge in [-0.3, -0.25) is 0 Å². The number of halogens is 1. The van der Waals surface area contributed by atoms with Crippen LogP contribution in [0.1, 0.15) is 34.9 Å². The Bertz CT molecular complexity index is 505. The molecule has 0 amide bonds. The van der Waals surface area contributed by atoms with E-state index in [4.69, 9.17) is 11.6 Å². The molecular formula is C18H20ClN. The Morgan fingerprint density at radius 2 is 1.50 bits per heavy atom. The van der Waals surface area contributed by atoms with Gasteiger partial charge in [0.05, 0.1) is 0 Å². The second-order valence-electron chi connectivity index (χ2n) is 5.67. The van der Waals surface area contributed by atoms with Gasteiger partial charge in [0.25, 0.3) is 0 Å². The monoisotopic (exact) mass is 285 g/mol. The van der Waals surface area contributed by atoms with Gasteiger partial charge in [0, 0.05) is 17.5 Å². The Morgan fingerprint density at radius 1 is 0.900 bits per heavy atom. The molecule has 2 aromatic carbocycles. The highest BCUT2D eigenvalue weighted by Crippen LogP contribution is 2.37. The molecular weight excluding hydrogens is 266 g/mol. The van der Waals surface area contributed by atoms with Crippen LogP contribution in [0.3, 0.4) is 0 Å². The second kappa shape index (κ2) is 5.99. The number of hydrogen-bond acceptors (Lipinski definition) is 1. The molecule has 0 radical (unpaired) electrons. The minimum absolute atomic E-state index is 0.547. The van der Waals surface area contributed by atoms with E-state index in [1.807, 2.05) is 12.1 Å². The third-order valence-corrected chi connectivity index (χ3v) is 4.54. The molecule has 0 saturated carbocycles. The zero-order valence-corrected chi connectivity index (χ0v) is 12.5. The van der Waals surface area contributed by atoms with E-state index in [2.05, 4.69) is 48.6 Å². The molecule has 20 heavy (non-hydrogen) atoms. The highest BCUT2D eigenvalue weighted by molar-refractivity contribution is 6.30. The predicted molar refractivity (Wildman–Crippen MR) is 85.6 cm³/mol. The van der Waals surface area contributed by atoms with Gasteiger partial charge >= 0.3 is 0 Å². The van der Waals surface area contributed by atoms with E-state index in [1.54, 1.807) is 0 Å². The topological polar surface area (TPSA) is 12.0 Å². The molecule has 1 nitrogen and oxygen atoms in total. The van der Waals surface area contributed by atoms with Gasteiger partial charge in [0.2, 0.25) is 0 Å². The first-order valence-electron chi connectivity index (χ1n) is 7.27. The normalized spacial score (nSPS) is 22.7. The molecule has 2 atom stereocenters. The Balaban J connectivity index is 1.90. The van der Waals surface area contributed by atoms with Crippen molar-refractivity contribution in [3.05, 3.63) is 70.2 Å². The van der Waals surface area contributed by atoms with Gasteiger partial charge in [-0.1, -0.05) is 53.6 Å². The van der Waals surface area contributed by atoms with Crippen molar-refractivity contribution in [3.8, 4) is 0 Å². The summed E-state index contributed by atoms with van der Waals surface area (Å²) in [6.07, 6.45) is 1.18. The molecule has 1 aliphatic rings. The molecule has 2 unspecified atom stereocenters. The Morgan fingerprint density at radius 3 is 2.20 bits per heavy atom. The van der Waals surface area contributed by atoms with Crippen molar-refractivity contribution in [2.24, 2.45) is 0 Å². The maximum absolute atomic E-state index is 6.01. The first-order valence-corrected chi connectivity index (χ1v) is 7.64. The van der Waals surface area contributed by atoms with Crippen molar-refractivity contribution >= 4 is 11.6 Å². The van der Waals surface area contributed by atoms with Crippen LogP contribution in [0, 0.1) is 6.92 Å². The fourth-order valence-corrected chi connectivity index (χ4v) is 3.26. The molecule has 2 aromatic rings. The molecule has 0 spiro atoms. The maximum atomic E-state index is 6.01. The van der Waals surface area contributed by atoms with E-state index in [0.29, 0.717) is 11.8 Å². The molecule has 1 fully saturated rings. The van der Waals surface area contributed by atoms with Crippen LogP contribution < -0.4 is 5.32 Å². The largest absolute Gasteiger partial charge is 0.316 e. The van der Waals surface area contributed by atoms with E-state index < -0.39 is 0 Å². The first kappa shape index (κ1) is 13.7. The van der Waals surface area contributed by atoms with Gasteiger partial charge in [-0.25, -0.2) is 0 Å². The maximum Gasteiger partial charge on any atom is 0.0406 e. The SMILES string of the molecule is Cc1ccc(C2CNCCC2c2ccc(Cl)cc2)cc1. The standard InChI is InChI=1S/C18H20ClN/c1-13-2-4-15(5-3-13)18-12-20-11-10-17(18)14-6-8-16(19)9-7-14/h2-9,17-18,20H,10-12H2,1H3. The zero-order chi connectivity index (χ0) is 13.9. The number of benzene rings is 2. The minimum atomic E-state index is 0.547. The van der Waals surface area contributed by atoms with E-state index in [9.17, 15) is 0 Å². The van der Waals surface area contributed by atoms with Gasteiger partial charge in [0.15, 0.2) is 0 Å². The van der Waals surface area contributed by atoms with Crippen LogP contribution in [0.15, 0.2) is 48.5 Å². The molecule has 3 rings (SSSR count). The minimum Gasteiger partial charge on any atom is -0.316 e. The third-order valence-electron chi connectivity index (χ3n) is 4.29. The van der Waals surface area contributed by atoms with Crippen molar-refractivity contribution in [2.45, 2.75) is 25.2 Å². The molecule has 0 aromatic heterocycles. The highest BCUT2D eigenvalue weighted by atomic mass is 35.5. The molecule has 1 aliphatic heterocycles. The van der Waals surface area contributed by atoms with Crippen LogP contribution in [0.5, 0.6) is 0 Å². The van der Waals surface area contributed by atoms with Crippen LogP contribution in [-0.4, -0.2) is 13.1 Å². The van der Waals surface area contributed by atoms with Gasteiger partial charge in [-0.05, 0) is 49.1 Å². The summed E-state index contributed by atoms with van der Waals surface area (Å²) in [5, 5.41) is 4.35. The van der Waals surface area contributed by atoms with Gasteiger partial charge in [-0.15, -0.1) is 0 Å². The van der Waals surface area contributed by atoms with E-state index in [-0.39, 0.29) is 0 Å². The lowest BCUT2D eigenvalue weighted by atomic mass is 9.77. The number of rotatable bonds is 2. The molecule has 1 N–H and O–H groups in total. The summed E-state index contributed by atoms with van der Waals surface area (Å²) in [5.74, 6) is 1.13. The summed E-state index contributed by atoms with van der Waals surface area (Å²) in [4.78, 5) is 0. The summed E-state index contributed by atoms with van der Waals surface area (Å²) in [6.45, 7) is 4.28. The Hall–Kier alpha value is -1.31. The van der Waals surface area contributed by atoms with Gasteiger partial charge in [0.1, 0.15) is 0 Å². The van der Waals surface area contributed by atoms with Crippen LogP contribution >= 0.6 is 11.6 Å². The quantitative estimate of drug-likeness (QED) is 0.856. The summed E-state index contributed by atoms with van der Waals surface area (Å²) >= 11 is 6.01. The van der Waals surface area contributed by atoms with E-state index in [1.165, 1.54) is 23.1 Å². The van der Waals surface area contributed by atoms with Crippen LogP contribution in [-0.2, 0) is 0 Å². The smallest absolute Gasteiger partial charge is 0.0406 e. The van der Waals surface area contributed by atoms with E-state index in [0.717, 1.165) is 18.1 Å². The lowest BCUT2D eigenvalue weighted by Gasteiger charge is -2.33. The molecule has 0 aliphatic carbocycles. The number of nitrogens with one attached hydrogen (secondary N) is 1. The molecule has 1 heterocycles. The fraction of sp³-hybridized carbons (Fsp3) is 0.333. The summed E-state index contributed by atoms with van der Waals surface area (Å²) in [6, 6.07) is 17.3. The lowest BCUT2D eigenvalue weighted by Crippen LogP contribution is -2.34.